The normalized spacial score (nSPS) is 18.3. The second kappa shape index (κ2) is 5.90. The van der Waals surface area contributed by atoms with Crippen LogP contribution >= 0.6 is 0 Å². The maximum absolute atomic E-state index is 12.4. The predicted molar refractivity (Wildman–Crippen MR) is 74.1 cm³/mol. The van der Waals surface area contributed by atoms with Gasteiger partial charge in [0.1, 0.15) is 0 Å². The number of hydrogen-bond donors (Lipinski definition) is 1. The van der Waals surface area contributed by atoms with Crippen molar-refractivity contribution in [2.24, 2.45) is 5.92 Å². The number of carbonyl (C=O) groups excluding carboxylic acids is 1. The van der Waals surface area contributed by atoms with E-state index < -0.39 is 16.8 Å². The summed E-state index contributed by atoms with van der Waals surface area (Å²) in [5.41, 5.74) is 0.720. The van der Waals surface area contributed by atoms with Crippen molar-refractivity contribution in [1.82, 2.24) is 4.90 Å². The third-order valence-corrected chi connectivity index (χ3v) is 3.58. The van der Waals surface area contributed by atoms with Gasteiger partial charge in [0, 0.05) is 30.8 Å². The number of hydrogen-bond acceptors (Lipinski definition) is 4. The van der Waals surface area contributed by atoms with E-state index in [4.69, 9.17) is 5.11 Å². The highest BCUT2D eigenvalue weighted by molar-refractivity contribution is 5.95. The molecule has 0 aromatic heterocycles. The maximum Gasteiger partial charge on any atom is 0.308 e. The van der Waals surface area contributed by atoms with E-state index in [0.717, 1.165) is 0 Å². The highest BCUT2D eigenvalue weighted by Crippen LogP contribution is 2.22. The first-order valence-electron chi connectivity index (χ1n) is 6.66. The van der Waals surface area contributed by atoms with Crippen molar-refractivity contribution in [2.75, 3.05) is 13.1 Å². The number of non-ortho nitro benzene ring substituents is 1. The number of nitrogens with zero attached hydrogens (tertiary/aromatic N) is 2. The molecular weight excluding hydrogens is 276 g/mol. The van der Waals surface area contributed by atoms with E-state index in [1.54, 1.807) is 13.0 Å². The monoisotopic (exact) mass is 292 g/mol. The summed E-state index contributed by atoms with van der Waals surface area (Å²) in [6, 6.07) is 4.21. The van der Waals surface area contributed by atoms with Gasteiger partial charge in [-0.2, -0.15) is 0 Å². The van der Waals surface area contributed by atoms with E-state index in [1.807, 2.05) is 0 Å². The van der Waals surface area contributed by atoms with Crippen LogP contribution in [0.2, 0.25) is 0 Å². The second-order valence-electron chi connectivity index (χ2n) is 5.24. The molecule has 7 heteroatoms. The molecule has 1 saturated heterocycles. The number of nitro groups is 1. The number of benzene rings is 1. The lowest BCUT2D eigenvalue weighted by molar-refractivity contribution is -0.384. The van der Waals surface area contributed by atoms with Gasteiger partial charge in [-0.15, -0.1) is 0 Å². The van der Waals surface area contributed by atoms with E-state index in [1.165, 1.54) is 17.0 Å². The molecule has 21 heavy (non-hydrogen) atoms. The fourth-order valence-electron chi connectivity index (χ4n) is 2.54. The second-order valence-corrected chi connectivity index (χ2v) is 5.24. The van der Waals surface area contributed by atoms with Gasteiger partial charge in [0.15, 0.2) is 0 Å². The minimum Gasteiger partial charge on any atom is -0.481 e. The molecule has 1 N–H and O–H groups in total. The molecule has 1 fully saturated rings. The minimum atomic E-state index is -0.914. The molecule has 7 nitrogen and oxygen atoms in total. The van der Waals surface area contributed by atoms with Crippen molar-refractivity contribution in [3.63, 3.8) is 0 Å². The average molecular weight is 292 g/mol. The van der Waals surface area contributed by atoms with Crippen molar-refractivity contribution < 1.29 is 19.6 Å². The van der Waals surface area contributed by atoms with Crippen molar-refractivity contribution in [1.29, 1.82) is 0 Å². The number of likely N-dealkylation sites (tertiary alicyclic amines) is 1. The maximum atomic E-state index is 12.4. The molecule has 0 bridgehead atoms. The predicted octanol–water partition coefficient (Wildman–Crippen LogP) is 1.84. The highest BCUT2D eigenvalue weighted by atomic mass is 16.6. The summed E-state index contributed by atoms with van der Waals surface area (Å²) in [6.45, 7) is 2.31. The lowest BCUT2D eigenvalue weighted by atomic mass is 9.97. The fourth-order valence-corrected chi connectivity index (χ4v) is 2.54. The summed E-state index contributed by atoms with van der Waals surface area (Å²) in [4.78, 5) is 35.2. The van der Waals surface area contributed by atoms with E-state index >= 15 is 0 Å². The van der Waals surface area contributed by atoms with Gasteiger partial charge in [-0.3, -0.25) is 19.7 Å². The van der Waals surface area contributed by atoms with Crippen molar-refractivity contribution >= 4 is 17.6 Å². The van der Waals surface area contributed by atoms with Crippen LogP contribution in [0, 0.1) is 23.0 Å². The summed E-state index contributed by atoms with van der Waals surface area (Å²) >= 11 is 0. The zero-order chi connectivity index (χ0) is 15.6. The molecule has 1 aromatic rings. The van der Waals surface area contributed by atoms with Crippen molar-refractivity contribution in [3.8, 4) is 0 Å². The van der Waals surface area contributed by atoms with Crippen LogP contribution in [0.4, 0.5) is 5.69 Å². The van der Waals surface area contributed by atoms with E-state index in [2.05, 4.69) is 0 Å². The van der Waals surface area contributed by atoms with Crippen LogP contribution in [0.5, 0.6) is 0 Å². The molecule has 0 spiro atoms. The van der Waals surface area contributed by atoms with Crippen molar-refractivity contribution in [2.45, 2.75) is 19.8 Å². The zero-order valence-electron chi connectivity index (χ0n) is 11.6. The molecule has 0 unspecified atom stereocenters. The first-order valence-corrected chi connectivity index (χ1v) is 6.66. The van der Waals surface area contributed by atoms with Gasteiger partial charge in [0.2, 0.25) is 0 Å². The van der Waals surface area contributed by atoms with Gasteiger partial charge >= 0.3 is 5.97 Å². The van der Waals surface area contributed by atoms with Gasteiger partial charge in [0.05, 0.1) is 10.8 Å². The lowest BCUT2D eigenvalue weighted by Gasteiger charge is -2.30. The van der Waals surface area contributed by atoms with Gasteiger partial charge in [-0.1, -0.05) is 0 Å². The Kier molecular flexibility index (Phi) is 4.21. The number of aryl methyl sites for hydroxylation is 1. The van der Waals surface area contributed by atoms with Gasteiger partial charge in [-0.25, -0.2) is 0 Å². The Balaban J connectivity index is 2.23. The average Bonchev–Trinajstić information content (AvgIpc) is 2.45. The van der Waals surface area contributed by atoms with Gasteiger partial charge < -0.3 is 10.0 Å². The molecule has 1 heterocycles. The van der Waals surface area contributed by atoms with Crippen LogP contribution in [-0.2, 0) is 4.79 Å². The summed E-state index contributed by atoms with van der Waals surface area (Å²) in [7, 11) is 0. The Labute approximate surface area is 121 Å². The summed E-state index contributed by atoms with van der Waals surface area (Å²) in [5, 5.41) is 19.9. The summed E-state index contributed by atoms with van der Waals surface area (Å²) in [5.74, 6) is -1.84. The number of carboxylic acids is 1. The van der Waals surface area contributed by atoms with Crippen LogP contribution < -0.4 is 0 Å². The number of piperidine rings is 1. The molecular formula is C14H16N2O5. The Morgan fingerprint density at radius 3 is 2.71 bits per heavy atom. The molecule has 0 saturated carbocycles. The molecule has 1 amide bonds. The zero-order valence-corrected chi connectivity index (χ0v) is 11.6. The van der Waals surface area contributed by atoms with Crippen LogP contribution in [0.15, 0.2) is 18.2 Å². The lowest BCUT2D eigenvalue weighted by Crippen LogP contribution is -2.42. The third kappa shape index (κ3) is 3.36. The smallest absolute Gasteiger partial charge is 0.308 e. The molecule has 0 radical (unpaired) electrons. The molecule has 0 aliphatic carbocycles. The van der Waals surface area contributed by atoms with Crippen LogP contribution in [0.1, 0.15) is 28.8 Å². The minimum absolute atomic E-state index is 0.134. The van der Waals surface area contributed by atoms with Crippen LogP contribution in [0.3, 0.4) is 0 Å². The van der Waals surface area contributed by atoms with Crippen molar-refractivity contribution in [3.05, 3.63) is 39.4 Å². The fraction of sp³-hybridized carbons (Fsp3) is 0.429. The molecule has 1 atom stereocenters. The number of carbonyl (C=O) groups is 2. The molecule has 112 valence electrons. The molecule has 1 aliphatic rings. The molecule has 1 aromatic carbocycles. The topological polar surface area (TPSA) is 101 Å². The Hall–Kier alpha value is -2.44. The Morgan fingerprint density at radius 2 is 2.10 bits per heavy atom. The number of carboxylic acid groups (broad SMARTS) is 1. The summed E-state index contributed by atoms with van der Waals surface area (Å²) in [6.07, 6.45) is 1.17. The molecule has 2 rings (SSSR count). The van der Waals surface area contributed by atoms with E-state index in [-0.39, 0.29) is 23.7 Å². The first kappa shape index (κ1) is 15.0. The number of amides is 1. The van der Waals surface area contributed by atoms with Gasteiger partial charge in [0.25, 0.3) is 11.6 Å². The summed E-state index contributed by atoms with van der Waals surface area (Å²) < 4.78 is 0. The number of rotatable bonds is 3. The SMILES string of the molecule is Cc1cc(C(=O)N2CCC[C@@H](C(=O)O)C2)cc([N+](=O)[O-])c1. The quantitative estimate of drug-likeness (QED) is 0.676. The largest absolute Gasteiger partial charge is 0.481 e. The standard InChI is InChI=1S/C14H16N2O5/c1-9-5-11(7-12(6-9)16(20)21)13(17)15-4-2-3-10(8-15)14(18)19/h5-7,10H,2-4,8H2,1H3,(H,18,19)/t10-/m1/s1. The first-order chi connectivity index (χ1) is 9.88. The van der Waals surface area contributed by atoms with E-state index in [0.29, 0.717) is 24.9 Å². The van der Waals surface area contributed by atoms with E-state index in [9.17, 15) is 19.7 Å². The van der Waals surface area contributed by atoms with Crippen LogP contribution in [0.25, 0.3) is 0 Å². The third-order valence-electron chi connectivity index (χ3n) is 3.58. The van der Waals surface area contributed by atoms with Crippen LogP contribution in [-0.4, -0.2) is 39.9 Å². The van der Waals surface area contributed by atoms with Gasteiger partial charge in [-0.05, 0) is 31.4 Å². The molecule has 1 aliphatic heterocycles. The highest BCUT2D eigenvalue weighted by Gasteiger charge is 2.29. The number of nitro benzene ring substituents is 1. The number of aliphatic carboxylic acids is 1. The Bertz CT molecular complexity index is 599. The Morgan fingerprint density at radius 1 is 1.38 bits per heavy atom.